The first kappa shape index (κ1) is 22.0. The molecule has 2 N–H and O–H groups in total. The number of nitrogens with zero attached hydrogens (tertiary/aromatic N) is 6. The van der Waals surface area contributed by atoms with E-state index in [1.807, 2.05) is 0 Å². The Morgan fingerprint density at radius 2 is 2.10 bits per heavy atom. The highest BCUT2D eigenvalue weighted by atomic mass is 35.5. The number of allylic oxidation sites excluding steroid dienone is 2. The number of aromatic amines is 1. The molecule has 1 aliphatic heterocycles. The zero-order valence-corrected chi connectivity index (χ0v) is 16.4. The third kappa shape index (κ3) is 5.69. The molecule has 0 radical (unpaired) electrons. The van der Waals surface area contributed by atoms with Gasteiger partial charge in [0.25, 0.3) is 5.82 Å². The number of anilines is 1. The lowest BCUT2D eigenvalue weighted by atomic mass is 10.2. The van der Waals surface area contributed by atoms with Crippen LogP contribution in [0.1, 0.15) is 16.3 Å². The Morgan fingerprint density at radius 3 is 2.71 bits per heavy atom. The number of hydrogen-bond donors (Lipinski definition) is 2. The molecule has 0 saturated heterocycles. The van der Waals surface area contributed by atoms with Crippen molar-refractivity contribution in [1.29, 1.82) is 0 Å². The van der Waals surface area contributed by atoms with E-state index in [4.69, 9.17) is 16.7 Å². The van der Waals surface area contributed by atoms with Crippen LogP contribution in [0.25, 0.3) is 0 Å². The number of carboxylic acids is 1. The number of tetrazole rings is 1. The van der Waals surface area contributed by atoms with Gasteiger partial charge in [0.05, 0.1) is 11.6 Å². The van der Waals surface area contributed by atoms with Gasteiger partial charge in [-0.3, -0.25) is 0 Å². The summed E-state index contributed by atoms with van der Waals surface area (Å²) in [4.78, 5) is 18.5. The highest BCUT2D eigenvalue weighted by Crippen LogP contribution is 2.28. The summed E-state index contributed by atoms with van der Waals surface area (Å²) >= 11 is 6.09. The van der Waals surface area contributed by atoms with Crippen molar-refractivity contribution in [2.24, 2.45) is 0 Å². The van der Waals surface area contributed by atoms with Crippen LogP contribution in [-0.2, 0) is 12.7 Å². The van der Waals surface area contributed by atoms with Crippen LogP contribution in [0, 0.1) is 0 Å². The fraction of sp³-hybridized carbons (Fsp3) is 0.167. The van der Waals surface area contributed by atoms with E-state index < -0.39 is 18.0 Å². The van der Waals surface area contributed by atoms with Gasteiger partial charge in [-0.2, -0.15) is 13.2 Å². The largest absolute Gasteiger partial charge is 0.477 e. The number of nitrogens with one attached hydrogen (secondary N) is 1. The van der Waals surface area contributed by atoms with Gasteiger partial charge >= 0.3 is 12.1 Å². The number of rotatable bonds is 4. The second kappa shape index (κ2) is 9.43. The maximum absolute atomic E-state index is 12.8. The van der Waals surface area contributed by atoms with Gasteiger partial charge in [0.15, 0.2) is 5.82 Å². The maximum Gasteiger partial charge on any atom is 0.453 e. The van der Waals surface area contributed by atoms with Crippen LogP contribution in [0.3, 0.4) is 0 Å². The van der Waals surface area contributed by atoms with Crippen LogP contribution < -0.4 is 4.90 Å². The van der Waals surface area contributed by atoms with Crippen molar-refractivity contribution in [1.82, 2.24) is 30.2 Å². The number of hydrogen-bond acceptors (Lipinski definition) is 6. The van der Waals surface area contributed by atoms with E-state index in [-0.39, 0.29) is 12.2 Å². The Hall–Kier alpha value is -3.67. The molecule has 0 aliphatic carbocycles. The van der Waals surface area contributed by atoms with Crippen LogP contribution in [-0.4, -0.2) is 47.8 Å². The summed E-state index contributed by atoms with van der Waals surface area (Å²) in [7, 11) is 0. The predicted octanol–water partition coefficient (Wildman–Crippen LogP) is 3.41. The molecule has 0 fully saturated rings. The van der Waals surface area contributed by atoms with Crippen molar-refractivity contribution in [3.8, 4) is 0 Å². The van der Waals surface area contributed by atoms with E-state index in [0.717, 1.165) is 4.68 Å². The molecule has 0 unspecified atom stereocenters. The normalized spacial score (nSPS) is 13.4. The van der Waals surface area contributed by atoms with Crippen molar-refractivity contribution in [3.63, 3.8) is 0 Å². The zero-order valence-electron chi connectivity index (χ0n) is 15.7. The van der Waals surface area contributed by atoms with Crippen molar-refractivity contribution in [2.75, 3.05) is 11.4 Å². The van der Waals surface area contributed by atoms with Crippen LogP contribution in [0.5, 0.6) is 0 Å². The molecule has 0 atom stereocenters. The lowest BCUT2D eigenvalue weighted by molar-refractivity contribution is -0.147. The summed E-state index contributed by atoms with van der Waals surface area (Å²) in [6.45, 7) is 0.261. The molecule has 3 aromatic heterocycles. The van der Waals surface area contributed by atoms with Crippen molar-refractivity contribution in [2.45, 2.75) is 12.7 Å². The number of H-pyrrole nitrogens is 1. The SMILES string of the molecule is FC(F)(F)c1nnnn1CC1=CC=CN(c2ncccc2Cl)C1.O=C(O)c1ccc[nH]1. The maximum atomic E-state index is 12.8. The van der Waals surface area contributed by atoms with Crippen LogP contribution in [0.4, 0.5) is 19.0 Å². The van der Waals surface area contributed by atoms with Crippen LogP contribution >= 0.6 is 11.6 Å². The van der Waals surface area contributed by atoms with Gasteiger partial charge < -0.3 is 15.0 Å². The summed E-state index contributed by atoms with van der Waals surface area (Å²) in [5, 5.41) is 18.2. The Morgan fingerprint density at radius 1 is 1.29 bits per heavy atom. The minimum absolute atomic E-state index is 0.0763. The first-order chi connectivity index (χ1) is 14.8. The van der Waals surface area contributed by atoms with Crippen LogP contribution in [0.15, 0.2) is 60.6 Å². The highest BCUT2D eigenvalue weighted by molar-refractivity contribution is 6.33. The van der Waals surface area contributed by atoms with Crippen molar-refractivity contribution < 1.29 is 23.1 Å². The van der Waals surface area contributed by atoms with Crippen molar-refractivity contribution in [3.05, 3.63) is 77.1 Å². The Labute approximate surface area is 178 Å². The van der Waals surface area contributed by atoms with Crippen molar-refractivity contribution >= 4 is 23.4 Å². The third-order valence-electron chi connectivity index (χ3n) is 3.95. The zero-order chi connectivity index (χ0) is 22.4. The topological polar surface area (TPSA) is 113 Å². The molecule has 13 heteroatoms. The molecule has 3 aromatic rings. The molecule has 31 heavy (non-hydrogen) atoms. The summed E-state index contributed by atoms with van der Waals surface area (Å²) in [6, 6.07) is 6.54. The molecule has 0 spiro atoms. The lowest BCUT2D eigenvalue weighted by Crippen LogP contribution is -2.26. The second-order valence-electron chi connectivity index (χ2n) is 6.15. The number of pyridine rings is 1. The van der Waals surface area contributed by atoms with Gasteiger partial charge in [-0.1, -0.05) is 17.7 Å². The second-order valence-corrected chi connectivity index (χ2v) is 6.56. The van der Waals surface area contributed by atoms with Gasteiger partial charge in [0, 0.05) is 25.1 Å². The fourth-order valence-corrected chi connectivity index (χ4v) is 2.84. The van der Waals surface area contributed by atoms with Gasteiger partial charge in [0.2, 0.25) is 0 Å². The molecule has 0 saturated carbocycles. The minimum atomic E-state index is -4.60. The highest BCUT2D eigenvalue weighted by Gasteiger charge is 2.38. The van der Waals surface area contributed by atoms with Crippen LogP contribution in [0.2, 0.25) is 5.02 Å². The predicted molar refractivity (Wildman–Crippen MR) is 104 cm³/mol. The molecule has 4 rings (SSSR count). The van der Waals surface area contributed by atoms with E-state index >= 15 is 0 Å². The summed E-state index contributed by atoms with van der Waals surface area (Å²) in [5.41, 5.74) is 0.914. The fourth-order valence-electron chi connectivity index (χ4n) is 2.61. The standard InChI is InChI=1S/C13H10ClF3N6.C5H5NO2/c14-10-4-1-5-18-11(10)22-6-2-3-9(7-22)8-23-12(13(15,16)17)19-20-21-23;7-5(8)4-2-1-3-6-4/h1-6H,7-8H2;1-3,6H,(H,7,8). The third-order valence-corrected chi connectivity index (χ3v) is 4.24. The molecular weight excluding hydrogens is 439 g/mol. The Kier molecular flexibility index (Phi) is 6.70. The van der Waals surface area contributed by atoms with Gasteiger partial charge in [0.1, 0.15) is 5.69 Å². The quantitative estimate of drug-likeness (QED) is 0.622. The monoisotopic (exact) mass is 453 g/mol. The number of aromatic carboxylic acids is 1. The minimum Gasteiger partial charge on any atom is -0.477 e. The number of alkyl halides is 3. The summed E-state index contributed by atoms with van der Waals surface area (Å²) in [5.74, 6) is -1.52. The Balaban J connectivity index is 0.000000287. The van der Waals surface area contributed by atoms with Gasteiger partial charge in [-0.15, -0.1) is 5.10 Å². The van der Waals surface area contributed by atoms with Gasteiger partial charge in [-0.25, -0.2) is 14.5 Å². The molecule has 0 amide bonds. The molecule has 9 nitrogen and oxygen atoms in total. The number of carboxylic acid groups (broad SMARTS) is 1. The van der Waals surface area contributed by atoms with E-state index in [1.54, 1.807) is 53.8 Å². The van der Waals surface area contributed by atoms with Gasteiger partial charge in [-0.05, 0) is 46.3 Å². The molecule has 162 valence electrons. The number of carbonyl (C=O) groups is 1. The number of halogens is 4. The summed E-state index contributed by atoms with van der Waals surface area (Å²) in [6.07, 6.45) is 3.75. The number of aromatic nitrogens is 6. The average Bonchev–Trinajstić information content (AvgIpc) is 3.41. The van der Waals surface area contributed by atoms with E-state index in [2.05, 4.69) is 25.5 Å². The molecule has 1 aliphatic rings. The van der Waals surface area contributed by atoms with E-state index in [9.17, 15) is 18.0 Å². The molecule has 0 bridgehead atoms. The van der Waals surface area contributed by atoms with E-state index in [0.29, 0.717) is 23.0 Å². The lowest BCUT2D eigenvalue weighted by Gasteiger charge is -2.24. The first-order valence-electron chi connectivity index (χ1n) is 8.69. The first-order valence-corrected chi connectivity index (χ1v) is 9.07. The molecule has 4 heterocycles. The van der Waals surface area contributed by atoms with E-state index in [1.165, 1.54) is 6.07 Å². The average molecular weight is 454 g/mol. The molecular formula is C18H15ClF3N7O2. The summed E-state index contributed by atoms with van der Waals surface area (Å²) < 4.78 is 39.1. The molecule has 0 aromatic carbocycles. The smallest absolute Gasteiger partial charge is 0.453 e. The Bertz CT molecular complexity index is 1090.